The van der Waals surface area contributed by atoms with Crippen LogP contribution in [0.3, 0.4) is 0 Å². The third-order valence-electron chi connectivity index (χ3n) is 3.75. The number of rotatable bonds is 7. The van der Waals surface area contributed by atoms with Crippen molar-refractivity contribution in [1.29, 1.82) is 0 Å². The molecule has 8 nitrogen and oxygen atoms in total. The number of aromatic nitrogens is 3. The number of benzene rings is 2. The van der Waals surface area contributed by atoms with Crippen LogP contribution in [0.5, 0.6) is 17.2 Å². The Morgan fingerprint density at radius 1 is 1.08 bits per heavy atom. The molecular weight excluding hydrogens is 336 g/mol. The zero-order valence-electron chi connectivity index (χ0n) is 14.4. The first-order valence-corrected chi connectivity index (χ1v) is 7.77. The van der Waals surface area contributed by atoms with Gasteiger partial charge in [-0.2, -0.15) is 15.4 Å². The van der Waals surface area contributed by atoms with Crippen LogP contribution in [-0.4, -0.2) is 35.5 Å². The van der Waals surface area contributed by atoms with Gasteiger partial charge in [-0.3, -0.25) is 4.79 Å². The smallest absolute Gasteiger partial charge is 0.271 e. The minimum atomic E-state index is -0.664. The number of nitrogens with zero attached hydrogens (tertiary/aromatic N) is 2. The van der Waals surface area contributed by atoms with Gasteiger partial charge in [0.05, 0.1) is 14.2 Å². The summed E-state index contributed by atoms with van der Waals surface area (Å²) >= 11 is 0. The first-order chi connectivity index (χ1) is 12.6. The highest BCUT2D eigenvalue weighted by molar-refractivity contribution is 5.96. The molecule has 1 aromatic heterocycles. The Morgan fingerprint density at radius 3 is 2.65 bits per heavy atom. The molecule has 26 heavy (non-hydrogen) atoms. The van der Waals surface area contributed by atoms with Crippen molar-refractivity contribution in [3.8, 4) is 28.5 Å². The van der Waals surface area contributed by atoms with Gasteiger partial charge in [0.15, 0.2) is 17.2 Å². The number of aromatic amines is 1. The van der Waals surface area contributed by atoms with Crippen LogP contribution in [0.25, 0.3) is 11.3 Å². The standard InChI is InChI=1S/C18H18N4O4/c1-24-13-5-3-4-11(8-13)10-26-15-9-12(6-7-14(15)25-2)16-17(18(19)23)21-22-20-16/h3-9H,10H2,1-2H3,(H2,19,23)(H,20,21,22). The Kier molecular flexibility index (Phi) is 5.02. The van der Waals surface area contributed by atoms with Gasteiger partial charge in [0.25, 0.3) is 5.91 Å². The minimum Gasteiger partial charge on any atom is -0.497 e. The second-order valence-corrected chi connectivity index (χ2v) is 5.39. The zero-order valence-corrected chi connectivity index (χ0v) is 14.4. The predicted molar refractivity (Wildman–Crippen MR) is 94.2 cm³/mol. The summed E-state index contributed by atoms with van der Waals surface area (Å²) in [6.45, 7) is 0.318. The van der Waals surface area contributed by atoms with Crippen molar-refractivity contribution in [2.45, 2.75) is 6.61 Å². The van der Waals surface area contributed by atoms with E-state index in [2.05, 4.69) is 15.4 Å². The zero-order chi connectivity index (χ0) is 18.5. The SMILES string of the molecule is COc1cccc(COc2cc(-c3n[nH]nc3C(N)=O)ccc2OC)c1. The van der Waals surface area contributed by atoms with Gasteiger partial charge >= 0.3 is 0 Å². The lowest BCUT2D eigenvalue weighted by atomic mass is 10.1. The molecule has 0 radical (unpaired) electrons. The normalized spacial score (nSPS) is 10.4. The fraction of sp³-hybridized carbons (Fsp3) is 0.167. The van der Waals surface area contributed by atoms with Crippen LogP contribution >= 0.6 is 0 Å². The first kappa shape index (κ1) is 17.3. The molecule has 3 N–H and O–H groups in total. The van der Waals surface area contributed by atoms with Crippen molar-refractivity contribution in [3.05, 3.63) is 53.7 Å². The third-order valence-corrected chi connectivity index (χ3v) is 3.75. The average Bonchev–Trinajstić information content (AvgIpc) is 3.16. The summed E-state index contributed by atoms with van der Waals surface area (Å²) in [4.78, 5) is 11.5. The van der Waals surface area contributed by atoms with E-state index in [4.69, 9.17) is 19.9 Å². The molecule has 0 spiro atoms. The topological polar surface area (TPSA) is 112 Å². The van der Waals surface area contributed by atoms with Crippen LogP contribution in [0, 0.1) is 0 Å². The summed E-state index contributed by atoms with van der Waals surface area (Å²) < 4.78 is 16.5. The number of carbonyl (C=O) groups is 1. The summed E-state index contributed by atoms with van der Waals surface area (Å²) in [7, 11) is 3.17. The number of nitrogens with two attached hydrogens (primary N) is 1. The Morgan fingerprint density at radius 2 is 1.92 bits per heavy atom. The van der Waals surface area contributed by atoms with Crippen LogP contribution in [0.2, 0.25) is 0 Å². The van der Waals surface area contributed by atoms with E-state index in [1.54, 1.807) is 32.4 Å². The number of primary amides is 1. The maximum Gasteiger partial charge on any atom is 0.271 e. The molecule has 2 aromatic carbocycles. The summed E-state index contributed by atoms with van der Waals surface area (Å²) in [5.74, 6) is 1.15. The van der Waals surface area contributed by atoms with Gasteiger partial charge in [0.2, 0.25) is 0 Å². The number of hydrogen-bond acceptors (Lipinski definition) is 6. The third kappa shape index (κ3) is 3.59. The maximum absolute atomic E-state index is 11.5. The number of carbonyl (C=O) groups excluding carboxylic acids is 1. The van der Waals surface area contributed by atoms with Gasteiger partial charge in [-0.15, -0.1) is 0 Å². The molecule has 1 heterocycles. The quantitative estimate of drug-likeness (QED) is 0.672. The second-order valence-electron chi connectivity index (χ2n) is 5.39. The highest BCUT2D eigenvalue weighted by Gasteiger charge is 2.17. The van der Waals surface area contributed by atoms with E-state index < -0.39 is 5.91 Å². The van der Waals surface area contributed by atoms with E-state index in [0.29, 0.717) is 29.4 Å². The molecule has 0 atom stereocenters. The Labute approximate surface area is 149 Å². The number of methoxy groups -OCH3 is 2. The molecule has 1 amide bonds. The van der Waals surface area contributed by atoms with Crippen molar-refractivity contribution < 1.29 is 19.0 Å². The summed E-state index contributed by atoms with van der Waals surface area (Å²) in [6, 6.07) is 12.8. The Bertz CT molecular complexity index is 923. The largest absolute Gasteiger partial charge is 0.497 e. The lowest BCUT2D eigenvalue weighted by Crippen LogP contribution is -2.12. The number of amides is 1. The fourth-order valence-corrected chi connectivity index (χ4v) is 2.46. The van der Waals surface area contributed by atoms with Crippen molar-refractivity contribution in [1.82, 2.24) is 15.4 Å². The van der Waals surface area contributed by atoms with Crippen LogP contribution < -0.4 is 19.9 Å². The molecule has 0 unspecified atom stereocenters. The van der Waals surface area contributed by atoms with Gasteiger partial charge in [0, 0.05) is 5.56 Å². The van der Waals surface area contributed by atoms with Gasteiger partial charge in [-0.05, 0) is 35.9 Å². The molecule has 0 saturated heterocycles. The molecule has 0 fully saturated rings. The molecule has 0 aliphatic carbocycles. The van der Waals surface area contributed by atoms with E-state index in [1.165, 1.54) is 0 Å². The molecule has 0 aliphatic heterocycles. The molecule has 134 valence electrons. The van der Waals surface area contributed by atoms with Crippen LogP contribution in [0.15, 0.2) is 42.5 Å². The lowest BCUT2D eigenvalue weighted by molar-refractivity contribution is 0.0996. The monoisotopic (exact) mass is 354 g/mol. The average molecular weight is 354 g/mol. The molecule has 0 bridgehead atoms. The molecule has 8 heteroatoms. The van der Waals surface area contributed by atoms with E-state index in [1.807, 2.05) is 24.3 Å². The summed E-state index contributed by atoms with van der Waals surface area (Å²) in [5, 5.41) is 10.2. The fourth-order valence-electron chi connectivity index (χ4n) is 2.46. The molecule has 0 aliphatic rings. The van der Waals surface area contributed by atoms with Crippen LogP contribution in [0.4, 0.5) is 0 Å². The van der Waals surface area contributed by atoms with Gasteiger partial charge in [-0.25, -0.2) is 0 Å². The summed E-state index contributed by atoms with van der Waals surface area (Å²) in [6.07, 6.45) is 0. The number of hydrogen-bond donors (Lipinski definition) is 2. The van der Waals surface area contributed by atoms with E-state index in [0.717, 1.165) is 11.3 Å². The number of nitrogens with one attached hydrogen (secondary N) is 1. The number of H-pyrrole nitrogens is 1. The van der Waals surface area contributed by atoms with E-state index in [9.17, 15) is 4.79 Å². The minimum absolute atomic E-state index is 0.0638. The number of ether oxygens (including phenoxy) is 3. The predicted octanol–water partition coefficient (Wildman–Crippen LogP) is 2.17. The Balaban J connectivity index is 1.88. The molecule has 0 saturated carbocycles. The van der Waals surface area contributed by atoms with E-state index in [-0.39, 0.29) is 5.69 Å². The van der Waals surface area contributed by atoms with Gasteiger partial charge in [0.1, 0.15) is 18.1 Å². The highest BCUT2D eigenvalue weighted by Crippen LogP contribution is 2.33. The lowest BCUT2D eigenvalue weighted by Gasteiger charge is -2.12. The van der Waals surface area contributed by atoms with E-state index >= 15 is 0 Å². The molecule has 3 rings (SSSR count). The Hall–Kier alpha value is -3.55. The van der Waals surface area contributed by atoms with Crippen LogP contribution in [0.1, 0.15) is 16.1 Å². The first-order valence-electron chi connectivity index (χ1n) is 7.77. The van der Waals surface area contributed by atoms with Gasteiger partial charge in [-0.1, -0.05) is 12.1 Å². The molecular formula is C18H18N4O4. The highest BCUT2D eigenvalue weighted by atomic mass is 16.5. The maximum atomic E-state index is 11.5. The van der Waals surface area contributed by atoms with Crippen molar-refractivity contribution in [2.24, 2.45) is 5.73 Å². The van der Waals surface area contributed by atoms with Crippen LogP contribution in [-0.2, 0) is 6.61 Å². The van der Waals surface area contributed by atoms with Gasteiger partial charge < -0.3 is 19.9 Å². The summed E-state index contributed by atoms with van der Waals surface area (Å²) in [5.41, 5.74) is 7.31. The van der Waals surface area contributed by atoms with Crippen molar-refractivity contribution in [2.75, 3.05) is 14.2 Å². The van der Waals surface area contributed by atoms with Crippen molar-refractivity contribution >= 4 is 5.91 Å². The van der Waals surface area contributed by atoms with Crippen molar-refractivity contribution in [3.63, 3.8) is 0 Å². The molecule has 3 aromatic rings. The second kappa shape index (κ2) is 7.56.